The summed E-state index contributed by atoms with van der Waals surface area (Å²) < 4.78 is 0. The fourth-order valence-corrected chi connectivity index (χ4v) is 1.33. The van der Waals surface area contributed by atoms with Gasteiger partial charge in [0.2, 0.25) is 0 Å². The molecule has 0 atom stereocenters. The van der Waals surface area contributed by atoms with Gasteiger partial charge in [0.1, 0.15) is 0 Å². The van der Waals surface area contributed by atoms with E-state index in [1.54, 1.807) is 0 Å². The molecule has 19 heavy (non-hydrogen) atoms. The standard InChI is InChI=1S/C8H6O4.C7H14/c9-7(10)5-3-1-2-4-6(5)8(11)12;1-4-5-6-7(2)3/h1-4H,(H,9,10)(H,11,12);2,4-6H2,1,3H3. The summed E-state index contributed by atoms with van der Waals surface area (Å²) in [4.78, 5) is 20.9. The quantitative estimate of drug-likeness (QED) is 0.792. The maximum Gasteiger partial charge on any atom is 0.336 e. The van der Waals surface area contributed by atoms with Gasteiger partial charge in [-0.25, -0.2) is 9.59 Å². The van der Waals surface area contributed by atoms with Gasteiger partial charge < -0.3 is 10.2 Å². The molecule has 1 aromatic carbocycles. The summed E-state index contributed by atoms with van der Waals surface area (Å²) in [6, 6.07) is 5.48. The van der Waals surface area contributed by atoms with Gasteiger partial charge in [-0.3, -0.25) is 0 Å². The van der Waals surface area contributed by atoms with Crippen LogP contribution >= 0.6 is 0 Å². The summed E-state index contributed by atoms with van der Waals surface area (Å²) in [5, 5.41) is 17.1. The Hall–Kier alpha value is -2.10. The molecule has 0 heterocycles. The van der Waals surface area contributed by atoms with Crippen LogP contribution in [-0.2, 0) is 0 Å². The normalized spacial score (nSPS) is 9.16. The van der Waals surface area contributed by atoms with E-state index in [1.807, 2.05) is 0 Å². The van der Waals surface area contributed by atoms with Gasteiger partial charge in [-0.2, -0.15) is 0 Å². The third-order valence-corrected chi connectivity index (χ3v) is 2.34. The molecule has 4 nitrogen and oxygen atoms in total. The Kier molecular flexibility index (Phi) is 7.93. The smallest absolute Gasteiger partial charge is 0.336 e. The predicted octanol–water partition coefficient (Wildman–Crippen LogP) is 3.84. The summed E-state index contributed by atoms with van der Waals surface area (Å²) in [7, 11) is 0. The van der Waals surface area contributed by atoms with E-state index in [1.165, 1.54) is 49.1 Å². The van der Waals surface area contributed by atoms with Gasteiger partial charge in [-0.1, -0.05) is 31.1 Å². The average Bonchev–Trinajstić information content (AvgIpc) is 2.36. The van der Waals surface area contributed by atoms with E-state index in [4.69, 9.17) is 10.2 Å². The summed E-state index contributed by atoms with van der Waals surface area (Å²) in [6.45, 7) is 8.07. The lowest BCUT2D eigenvalue weighted by Gasteiger charge is -1.98. The summed E-state index contributed by atoms with van der Waals surface area (Å²) in [5.41, 5.74) is 0.928. The van der Waals surface area contributed by atoms with E-state index in [2.05, 4.69) is 20.4 Å². The van der Waals surface area contributed by atoms with Crippen LogP contribution in [0.3, 0.4) is 0 Å². The highest BCUT2D eigenvalue weighted by Gasteiger charge is 2.13. The minimum absolute atomic E-state index is 0.190. The Morgan fingerprint density at radius 1 is 1.11 bits per heavy atom. The zero-order valence-electron chi connectivity index (χ0n) is 11.3. The Labute approximate surface area is 113 Å². The van der Waals surface area contributed by atoms with E-state index < -0.39 is 11.9 Å². The largest absolute Gasteiger partial charge is 0.478 e. The van der Waals surface area contributed by atoms with Crippen molar-refractivity contribution in [1.82, 2.24) is 0 Å². The number of rotatable bonds is 5. The first kappa shape index (κ1) is 16.9. The van der Waals surface area contributed by atoms with Gasteiger partial charge in [0.25, 0.3) is 0 Å². The molecule has 0 unspecified atom stereocenters. The minimum atomic E-state index is -1.23. The van der Waals surface area contributed by atoms with Crippen LogP contribution < -0.4 is 0 Å². The molecule has 0 fully saturated rings. The van der Waals surface area contributed by atoms with Crippen molar-refractivity contribution in [2.24, 2.45) is 0 Å². The third-order valence-electron chi connectivity index (χ3n) is 2.34. The van der Waals surface area contributed by atoms with Crippen LogP contribution in [0.4, 0.5) is 0 Å². The molecule has 1 rings (SSSR count). The van der Waals surface area contributed by atoms with Gasteiger partial charge in [0, 0.05) is 0 Å². The molecule has 4 heteroatoms. The molecule has 0 saturated carbocycles. The van der Waals surface area contributed by atoms with Gasteiger partial charge in [-0.15, -0.1) is 6.58 Å². The first-order chi connectivity index (χ1) is 8.90. The Balaban J connectivity index is 0.000000399. The predicted molar refractivity (Wildman–Crippen MR) is 74.7 cm³/mol. The fourth-order valence-electron chi connectivity index (χ4n) is 1.33. The van der Waals surface area contributed by atoms with E-state index in [9.17, 15) is 9.59 Å². The van der Waals surface area contributed by atoms with Crippen LogP contribution in [0.2, 0.25) is 0 Å². The molecule has 0 amide bonds. The lowest BCUT2D eigenvalue weighted by molar-refractivity contribution is 0.0651. The van der Waals surface area contributed by atoms with E-state index in [0.29, 0.717) is 0 Å². The first-order valence-electron chi connectivity index (χ1n) is 6.10. The van der Waals surface area contributed by atoms with Crippen molar-refractivity contribution in [2.75, 3.05) is 0 Å². The number of allylic oxidation sites excluding steroid dienone is 1. The Bertz CT molecular complexity index is 416. The van der Waals surface area contributed by atoms with Crippen LogP contribution in [0.15, 0.2) is 36.4 Å². The highest BCUT2D eigenvalue weighted by atomic mass is 16.4. The van der Waals surface area contributed by atoms with Crippen LogP contribution in [0.5, 0.6) is 0 Å². The minimum Gasteiger partial charge on any atom is -0.478 e. The second kappa shape index (κ2) is 8.91. The molecule has 0 aliphatic rings. The van der Waals surface area contributed by atoms with E-state index >= 15 is 0 Å². The van der Waals surface area contributed by atoms with Crippen LogP contribution in [0.25, 0.3) is 0 Å². The summed E-state index contributed by atoms with van der Waals surface area (Å²) >= 11 is 0. The van der Waals surface area contributed by atoms with Crippen molar-refractivity contribution < 1.29 is 19.8 Å². The number of hydrogen-bond donors (Lipinski definition) is 2. The fraction of sp³-hybridized carbons (Fsp3) is 0.333. The molecule has 0 spiro atoms. The number of carboxylic acid groups (broad SMARTS) is 2. The van der Waals surface area contributed by atoms with Gasteiger partial charge in [0.15, 0.2) is 0 Å². The molecular weight excluding hydrogens is 244 g/mol. The van der Waals surface area contributed by atoms with Crippen molar-refractivity contribution in [1.29, 1.82) is 0 Å². The molecule has 1 aromatic rings. The zero-order valence-corrected chi connectivity index (χ0v) is 11.3. The van der Waals surface area contributed by atoms with Gasteiger partial charge in [-0.05, 0) is 31.9 Å². The van der Waals surface area contributed by atoms with E-state index in [-0.39, 0.29) is 11.1 Å². The Morgan fingerprint density at radius 3 is 1.74 bits per heavy atom. The van der Waals surface area contributed by atoms with Crippen molar-refractivity contribution in [3.8, 4) is 0 Å². The zero-order chi connectivity index (χ0) is 14.8. The van der Waals surface area contributed by atoms with Crippen molar-refractivity contribution in [2.45, 2.75) is 33.1 Å². The Morgan fingerprint density at radius 2 is 1.53 bits per heavy atom. The van der Waals surface area contributed by atoms with Gasteiger partial charge >= 0.3 is 11.9 Å². The lowest BCUT2D eigenvalue weighted by Crippen LogP contribution is -2.06. The SMILES string of the molecule is C=C(C)CCCC.O=C(O)c1ccccc1C(=O)O. The van der Waals surface area contributed by atoms with Crippen molar-refractivity contribution >= 4 is 11.9 Å². The van der Waals surface area contributed by atoms with Crippen LogP contribution in [0, 0.1) is 0 Å². The molecule has 0 saturated heterocycles. The second-order valence-electron chi connectivity index (χ2n) is 4.22. The van der Waals surface area contributed by atoms with E-state index in [0.717, 1.165) is 0 Å². The number of aromatic carboxylic acids is 2. The molecule has 2 N–H and O–H groups in total. The first-order valence-corrected chi connectivity index (χ1v) is 6.10. The molecular formula is C15H20O4. The number of carbonyl (C=O) groups is 2. The number of hydrogen-bond acceptors (Lipinski definition) is 2. The van der Waals surface area contributed by atoms with Crippen molar-refractivity contribution in [3.63, 3.8) is 0 Å². The summed E-state index contributed by atoms with van der Waals surface area (Å²) in [5.74, 6) is -2.46. The molecule has 0 aromatic heterocycles. The average molecular weight is 264 g/mol. The molecule has 0 radical (unpaired) electrons. The molecule has 104 valence electrons. The highest BCUT2D eigenvalue weighted by Crippen LogP contribution is 2.07. The maximum atomic E-state index is 10.5. The summed E-state index contributed by atoms with van der Waals surface area (Å²) in [6.07, 6.45) is 3.79. The topological polar surface area (TPSA) is 74.6 Å². The van der Waals surface area contributed by atoms with Gasteiger partial charge in [0.05, 0.1) is 11.1 Å². The molecule has 0 aliphatic heterocycles. The van der Waals surface area contributed by atoms with Crippen molar-refractivity contribution in [3.05, 3.63) is 47.5 Å². The highest BCUT2D eigenvalue weighted by molar-refractivity contribution is 6.01. The number of carboxylic acids is 2. The number of unbranched alkanes of at least 4 members (excludes halogenated alkanes) is 1. The lowest BCUT2D eigenvalue weighted by atomic mass is 10.1. The molecule has 0 bridgehead atoms. The van der Waals surface area contributed by atoms with Crippen LogP contribution in [-0.4, -0.2) is 22.2 Å². The number of benzene rings is 1. The molecule has 0 aliphatic carbocycles. The second-order valence-corrected chi connectivity index (χ2v) is 4.22. The third kappa shape index (κ3) is 7.03. The monoisotopic (exact) mass is 264 g/mol. The maximum absolute atomic E-state index is 10.5. The van der Waals surface area contributed by atoms with Crippen LogP contribution in [0.1, 0.15) is 53.8 Å².